The zero-order valence-corrected chi connectivity index (χ0v) is 27.0. The van der Waals surface area contributed by atoms with Crippen molar-refractivity contribution in [3.63, 3.8) is 0 Å². The maximum absolute atomic E-state index is 13.7. The first-order chi connectivity index (χ1) is 24.6. The van der Waals surface area contributed by atoms with Gasteiger partial charge in [-0.05, 0) is 60.0 Å². The Balaban J connectivity index is 1.24. The van der Waals surface area contributed by atoms with Crippen molar-refractivity contribution in [2.45, 2.75) is 24.5 Å². The van der Waals surface area contributed by atoms with E-state index in [1.54, 1.807) is 103 Å². The number of carbonyl (C=O) groups is 3. The zero-order chi connectivity index (χ0) is 34.0. The van der Waals surface area contributed by atoms with Gasteiger partial charge in [-0.25, -0.2) is 24.4 Å². The second-order valence-corrected chi connectivity index (χ2v) is 12.3. The van der Waals surface area contributed by atoms with E-state index in [0.717, 1.165) is 10.2 Å². The third kappa shape index (κ3) is 5.80. The quantitative estimate of drug-likeness (QED) is 0.114. The molecule has 5 heterocycles. The summed E-state index contributed by atoms with van der Waals surface area (Å²) in [5, 5.41) is 3.45. The maximum atomic E-state index is 13.7. The second kappa shape index (κ2) is 13.4. The molecule has 1 aliphatic heterocycles. The lowest BCUT2D eigenvalue weighted by Gasteiger charge is -2.25. The molecule has 4 atom stereocenters. The second-order valence-electron chi connectivity index (χ2n) is 11.4. The number of rotatable bonds is 9. The van der Waals surface area contributed by atoms with Gasteiger partial charge < -0.3 is 23.4 Å². The number of carbonyl (C=O) groups excluding carboxylic acids is 3. The van der Waals surface area contributed by atoms with Crippen LogP contribution < -0.4 is 0 Å². The lowest BCUT2D eigenvalue weighted by Crippen LogP contribution is -2.41. The Morgan fingerprint density at radius 1 is 0.720 bits per heavy atom. The summed E-state index contributed by atoms with van der Waals surface area (Å²) < 4.78 is 32.3. The number of hydrogen-bond acceptors (Lipinski definition) is 11. The molecule has 0 unspecified atom stereocenters. The van der Waals surface area contributed by atoms with Crippen molar-refractivity contribution in [3.05, 3.63) is 144 Å². The molecular weight excluding hydrogens is 658 g/mol. The fourth-order valence-electron chi connectivity index (χ4n) is 6.08. The van der Waals surface area contributed by atoms with Gasteiger partial charge in [0.05, 0.1) is 28.3 Å². The molecule has 3 aromatic carbocycles. The fraction of sp³-hybridized carbons (Fsp3) is 0.132. The van der Waals surface area contributed by atoms with Gasteiger partial charge in [0.2, 0.25) is 0 Å². The van der Waals surface area contributed by atoms with Crippen LogP contribution in [-0.4, -0.2) is 57.4 Å². The first kappa shape index (κ1) is 31.2. The topological polar surface area (TPSA) is 132 Å². The highest BCUT2D eigenvalue weighted by Crippen LogP contribution is 2.44. The Kier molecular flexibility index (Phi) is 8.37. The number of fused-ring (bicyclic) bond motifs is 3. The van der Waals surface area contributed by atoms with Crippen LogP contribution in [-0.2, 0) is 18.9 Å². The van der Waals surface area contributed by atoms with Crippen LogP contribution in [0.4, 0.5) is 0 Å². The Morgan fingerprint density at radius 3 is 1.96 bits per heavy atom. The van der Waals surface area contributed by atoms with Crippen molar-refractivity contribution in [2.75, 3.05) is 6.61 Å². The average Bonchev–Trinajstić information content (AvgIpc) is 3.98. The molecule has 0 N–H and O–H groups in total. The molecular formula is C38H27N3O8S. The molecule has 50 heavy (non-hydrogen) atoms. The van der Waals surface area contributed by atoms with Crippen LogP contribution in [0.25, 0.3) is 32.7 Å². The number of benzene rings is 3. The lowest BCUT2D eigenvalue weighted by molar-refractivity contribution is -0.0587. The van der Waals surface area contributed by atoms with E-state index in [-0.39, 0.29) is 12.2 Å². The number of ether oxygens (including phenoxy) is 4. The normalized spacial score (nSPS) is 18.6. The summed E-state index contributed by atoms with van der Waals surface area (Å²) in [5.74, 6) is -1.37. The van der Waals surface area contributed by atoms with Gasteiger partial charge in [0.15, 0.2) is 24.2 Å². The number of hydrogen-bond donors (Lipinski definition) is 0. The van der Waals surface area contributed by atoms with Crippen LogP contribution in [0, 0.1) is 0 Å². The number of thiophene rings is 1. The molecule has 0 radical (unpaired) electrons. The Labute approximate surface area is 288 Å². The lowest BCUT2D eigenvalue weighted by atomic mass is 10.1. The molecule has 0 spiro atoms. The van der Waals surface area contributed by atoms with E-state index in [0.29, 0.717) is 33.6 Å². The van der Waals surface area contributed by atoms with Crippen LogP contribution in [0.2, 0.25) is 0 Å². The summed E-state index contributed by atoms with van der Waals surface area (Å²) in [4.78, 5) is 50.3. The van der Waals surface area contributed by atoms with Crippen molar-refractivity contribution < 1.29 is 37.7 Å². The van der Waals surface area contributed by atoms with E-state index in [4.69, 9.17) is 23.4 Å². The third-order valence-corrected chi connectivity index (χ3v) is 9.29. The molecule has 4 aromatic heterocycles. The molecule has 7 aromatic rings. The summed E-state index contributed by atoms with van der Waals surface area (Å²) in [6, 6.07) is 31.0. The van der Waals surface area contributed by atoms with Crippen molar-refractivity contribution >= 4 is 50.5 Å². The van der Waals surface area contributed by atoms with E-state index >= 15 is 0 Å². The van der Waals surface area contributed by atoms with Crippen LogP contribution in [0.5, 0.6) is 0 Å². The van der Waals surface area contributed by atoms with Gasteiger partial charge in [-0.15, -0.1) is 11.3 Å². The smallest absolute Gasteiger partial charge is 0.338 e. The van der Waals surface area contributed by atoms with Gasteiger partial charge in [-0.3, -0.25) is 4.57 Å². The molecule has 1 fully saturated rings. The number of esters is 3. The molecule has 0 amide bonds. The van der Waals surface area contributed by atoms with Crippen LogP contribution >= 0.6 is 11.3 Å². The van der Waals surface area contributed by atoms with E-state index in [1.807, 2.05) is 22.1 Å². The van der Waals surface area contributed by atoms with Crippen LogP contribution in [0.1, 0.15) is 37.3 Å². The van der Waals surface area contributed by atoms with E-state index in [9.17, 15) is 14.4 Å². The number of furan rings is 1. The van der Waals surface area contributed by atoms with E-state index in [2.05, 4.69) is 9.97 Å². The molecule has 12 heteroatoms. The highest BCUT2D eigenvalue weighted by molar-refractivity contribution is 7.17. The molecule has 0 aliphatic carbocycles. The minimum Gasteiger partial charge on any atom is -0.463 e. The summed E-state index contributed by atoms with van der Waals surface area (Å²) in [6.45, 7) is -0.310. The van der Waals surface area contributed by atoms with Crippen molar-refractivity contribution in [1.82, 2.24) is 14.5 Å². The average molecular weight is 686 g/mol. The predicted octanol–water partition coefficient (Wildman–Crippen LogP) is 7.11. The molecule has 8 rings (SSSR count). The summed E-state index contributed by atoms with van der Waals surface area (Å²) in [5.41, 5.74) is 1.96. The van der Waals surface area contributed by atoms with Crippen molar-refractivity contribution in [3.8, 4) is 11.5 Å². The third-order valence-electron chi connectivity index (χ3n) is 8.38. The Morgan fingerprint density at radius 2 is 1.34 bits per heavy atom. The van der Waals surface area contributed by atoms with Gasteiger partial charge >= 0.3 is 17.9 Å². The maximum Gasteiger partial charge on any atom is 0.338 e. The van der Waals surface area contributed by atoms with Crippen LogP contribution in [0.3, 0.4) is 0 Å². The standard InChI is InChI=1S/C38H27N3O8S/c42-36(23-11-4-1-5-12-23)46-21-28-31(48-37(43)24-13-6-2-7-14-24)32(49-38(44)25-15-8-3-9-16-25)34(47-28)41-33-29(26-18-20-50-35(26)41)30(39-22-40-33)27-17-10-19-45-27/h1-20,22,28,31-32,34H,21H2/t28-,31-,32-,34-/m1/s1. The minimum absolute atomic E-state index is 0.284. The molecule has 11 nitrogen and oxygen atoms in total. The molecule has 1 saturated heterocycles. The molecule has 1 aliphatic rings. The number of nitrogens with zero attached hydrogens (tertiary/aromatic N) is 3. The van der Waals surface area contributed by atoms with Gasteiger partial charge in [-0.2, -0.15) is 0 Å². The first-order valence-corrected chi connectivity index (χ1v) is 16.6. The number of aromatic nitrogens is 3. The highest BCUT2D eigenvalue weighted by atomic mass is 32.1. The van der Waals surface area contributed by atoms with E-state index in [1.165, 1.54) is 17.7 Å². The zero-order valence-electron chi connectivity index (χ0n) is 26.2. The minimum atomic E-state index is -1.21. The summed E-state index contributed by atoms with van der Waals surface area (Å²) >= 11 is 1.43. The Hall–Kier alpha value is -6.11. The summed E-state index contributed by atoms with van der Waals surface area (Å²) in [7, 11) is 0. The fourth-order valence-corrected chi connectivity index (χ4v) is 7.02. The largest absolute Gasteiger partial charge is 0.463 e. The summed E-state index contributed by atoms with van der Waals surface area (Å²) in [6.07, 6.45) is -1.55. The van der Waals surface area contributed by atoms with Crippen molar-refractivity contribution in [2.24, 2.45) is 0 Å². The SMILES string of the molecule is O=C(OC[C@H]1O[C@@H](n2c3ncnc(-c4ccco4)c3c3ccsc32)[C@H](OC(=O)c2ccccc2)[C@@H]1OC(=O)c1ccccc1)c1ccccc1. The Bertz CT molecular complexity index is 2290. The molecule has 0 saturated carbocycles. The highest BCUT2D eigenvalue weighted by Gasteiger charge is 2.52. The van der Waals surface area contributed by atoms with Crippen LogP contribution in [0.15, 0.2) is 132 Å². The molecule has 0 bridgehead atoms. The molecule has 248 valence electrons. The van der Waals surface area contributed by atoms with Gasteiger partial charge in [0.25, 0.3) is 0 Å². The van der Waals surface area contributed by atoms with Gasteiger partial charge in [0, 0.05) is 5.39 Å². The monoisotopic (exact) mass is 685 g/mol. The van der Waals surface area contributed by atoms with E-state index < -0.39 is 42.4 Å². The predicted molar refractivity (Wildman–Crippen MR) is 183 cm³/mol. The van der Waals surface area contributed by atoms with Crippen molar-refractivity contribution in [1.29, 1.82) is 0 Å². The van der Waals surface area contributed by atoms with Gasteiger partial charge in [0.1, 0.15) is 35.2 Å². The van der Waals surface area contributed by atoms with Gasteiger partial charge in [-0.1, -0.05) is 54.6 Å². The first-order valence-electron chi connectivity index (χ1n) is 15.7.